The minimum absolute atomic E-state index is 0.252. The number of halogens is 1. The molecule has 6 nitrogen and oxygen atoms in total. The van der Waals surface area contributed by atoms with Crippen molar-refractivity contribution in [2.24, 2.45) is 4.99 Å². The molecule has 2 heterocycles. The average Bonchev–Trinajstić information content (AvgIpc) is 3.23. The Balaban J connectivity index is 1.59. The summed E-state index contributed by atoms with van der Waals surface area (Å²) in [5.41, 5.74) is 1.86. The molecule has 0 aliphatic carbocycles. The number of rotatable bonds is 5. The molecule has 0 aliphatic heterocycles. The summed E-state index contributed by atoms with van der Waals surface area (Å²) in [4.78, 5) is 13.1. The number of hydrogen-bond acceptors (Lipinski definition) is 7. The molecule has 136 valence electrons. The average molecular weight is 444 g/mol. The first kappa shape index (κ1) is 17.7. The van der Waals surface area contributed by atoms with Crippen LogP contribution >= 0.6 is 27.3 Å². The van der Waals surface area contributed by atoms with Gasteiger partial charge in [-0.2, -0.15) is 0 Å². The van der Waals surface area contributed by atoms with Gasteiger partial charge in [-0.25, -0.2) is 15.0 Å². The Morgan fingerprint density at radius 1 is 1.22 bits per heavy atom. The fraction of sp³-hybridized carbons (Fsp3) is 0.105. The van der Waals surface area contributed by atoms with Crippen LogP contribution in [0, 0.1) is 0 Å². The molecule has 1 N–H and O–H groups in total. The van der Waals surface area contributed by atoms with Crippen LogP contribution in [-0.4, -0.2) is 27.9 Å². The Bertz CT molecular complexity index is 1120. The van der Waals surface area contributed by atoms with Gasteiger partial charge >= 0.3 is 5.95 Å². The molecule has 0 aliphatic rings. The lowest BCUT2D eigenvalue weighted by Gasteiger charge is -2.00. The molecule has 0 saturated carbocycles. The predicted octanol–water partition coefficient (Wildman–Crippen LogP) is 5.57. The standard InChI is InChI=1S/C19H14BrN3O3S/c1-2-25-13-7-8-14-16(9-13)27-19(23-14)21-10-15-18(24)26-17(22-15)11-3-5-12(20)6-4-11/h3-10,24H,2H2,1H3. The van der Waals surface area contributed by atoms with Crippen LogP contribution in [0.5, 0.6) is 11.7 Å². The maximum absolute atomic E-state index is 10.00. The summed E-state index contributed by atoms with van der Waals surface area (Å²) in [5, 5.41) is 10.6. The summed E-state index contributed by atoms with van der Waals surface area (Å²) in [6.07, 6.45) is 1.45. The fourth-order valence-corrected chi connectivity index (χ4v) is 3.55. The summed E-state index contributed by atoms with van der Waals surface area (Å²) in [6, 6.07) is 13.2. The number of aromatic hydroxyl groups is 1. The minimum Gasteiger partial charge on any atom is -0.494 e. The van der Waals surface area contributed by atoms with Gasteiger partial charge in [0.05, 0.1) is 23.0 Å². The molecule has 0 unspecified atom stereocenters. The number of ether oxygens (including phenoxy) is 1. The van der Waals surface area contributed by atoms with Crippen LogP contribution in [0.4, 0.5) is 5.13 Å². The summed E-state index contributed by atoms with van der Waals surface area (Å²) in [7, 11) is 0. The van der Waals surface area contributed by atoms with Gasteiger partial charge in [0.2, 0.25) is 11.0 Å². The Hall–Kier alpha value is -2.71. The van der Waals surface area contributed by atoms with Gasteiger partial charge < -0.3 is 14.3 Å². The molecule has 0 atom stereocenters. The molecule has 0 bridgehead atoms. The van der Waals surface area contributed by atoms with Gasteiger partial charge in [0.15, 0.2) is 5.69 Å². The SMILES string of the molecule is CCOc1ccc2nc(N=Cc3nc(-c4ccc(Br)cc4)oc3O)sc2c1. The quantitative estimate of drug-likeness (QED) is 0.407. The van der Waals surface area contributed by atoms with E-state index in [1.807, 2.05) is 49.4 Å². The number of fused-ring (bicyclic) bond motifs is 1. The van der Waals surface area contributed by atoms with Crippen LogP contribution in [0.25, 0.3) is 21.7 Å². The first-order valence-electron chi connectivity index (χ1n) is 8.15. The van der Waals surface area contributed by atoms with Crippen LogP contribution in [0.1, 0.15) is 12.6 Å². The zero-order valence-electron chi connectivity index (χ0n) is 14.2. The Morgan fingerprint density at radius 2 is 2.04 bits per heavy atom. The normalized spacial score (nSPS) is 11.5. The molecule has 4 rings (SSSR count). The first-order valence-corrected chi connectivity index (χ1v) is 9.76. The number of hydrogen-bond donors (Lipinski definition) is 1. The summed E-state index contributed by atoms with van der Waals surface area (Å²) >= 11 is 4.81. The lowest BCUT2D eigenvalue weighted by Crippen LogP contribution is -1.89. The number of aliphatic imine (C=N–C) groups is 1. The maximum atomic E-state index is 10.00. The number of nitrogens with zero attached hydrogens (tertiary/aromatic N) is 3. The van der Waals surface area contributed by atoms with Crippen molar-refractivity contribution in [1.29, 1.82) is 0 Å². The molecule has 0 fully saturated rings. The summed E-state index contributed by atoms with van der Waals surface area (Å²) in [6.45, 7) is 2.56. The van der Waals surface area contributed by atoms with E-state index in [2.05, 4.69) is 30.9 Å². The molecule has 8 heteroatoms. The van der Waals surface area contributed by atoms with E-state index >= 15 is 0 Å². The van der Waals surface area contributed by atoms with Crippen molar-refractivity contribution in [2.75, 3.05) is 6.61 Å². The van der Waals surface area contributed by atoms with Crippen molar-refractivity contribution in [2.45, 2.75) is 6.92 Å². The smallest absolute Gasteiger partial charge is 0.312 e. The third-order valence-corrected chi connectivity index (χ3v) is 5.14. The van der Waals surface area contributed by atoms with Crippen molar-refractivity contribution < 1.29 is 14.3 Å². The van der Waals surface area contributed by atoms with E-state index in [1.165, 1.54) is 17.6 Å². The second kappa shape index (κ2) is 7.50. The molecule has 0 saturated heterocycles. The van der Waals surface area contributed by atoms with Gasteiger partial charge in [0.1, 0.15) is 5.75 Å². The van der Waals surface area contributed by atoms with Crippen LogP contribution in [0.15, 0.2) is 56.3 Å². The highest BCUT2D eigenvalue weighted by molar-refractivity contribution is 9.10. The molecule has 0 radical (unpaired) electrons. The monoisotopic (exact) mass is 443 g/mol. The van der Waals surface area contributed by atoms with E-state index in [-0.39, 0.29) is 11.6 Å². The molecule has 2 aromatic heterocycles. The van der Waals surface area contributed by atoms with Crippen LogP contribution < -0.4 is 4.74 Å². The Labute approximate surface area is 167 Å². The van der Waals surface area contributed by atoms with Gasteiger partial charge in [0.25, 0.3) is 0 Å². The van der Waals surface area contributed by atoms with E-state index in [0.717, 1.165) is 26.0 Å². The fourth-order valence-electron chi connectivity index (χ4n) is 2.44. The number of oxazole rings is 1. The Morgan fingerprint density at radius 3 is 2.81 bits per heavy atom. The molecular formula is C19H14BrN3O3S. The molecule has 0 amide bonds. The van der Waals surface area contributed by atoms with Gasteiger partial charge in [-0.3, -0.25) is 0 Å². The highest BCUT2D eigenvalue weighted by atomic mass is 79.9. The molecule has 0 spiro atoms. The van der Waals surface area contributed by atoms with E-state index in [0.29, 0.717) is 17.6 Å². The first-order chi connectivity index (χ1) is 13.1. The molecule has 2 aromatic carbocycles. The van der Waals surface area contributed by atoms with Gasteiger partial charge in [-0.1, -0.05) is 27.3 Å². The van der Waals surface area contributed by atoms with E-state index < -0.39 is 0 Å². The van der Waals surface area contributed by atoms with Gasteiger partial charge in [-0.15, -0.1) is 0 Å². The highest BCUT2D eigenvalue weighted by Gasteiger charge is 2.13. The van der Waals surface area contributed by atoms with E-state index in [9.17, 15) is 5.11 Å². The second-order valence-electron chi connectivity index (χ2n) is 5.53. The third kappa shape index (κ3) is 3.86. The second-order valence-corrected chi connectivity index (χ2v) is 7.46. The molecular weight excluding hydrogens is 430 g/mol. The number of aromatic nitrogens is 2. The minimum atomic E-state index is -0.281. The predicted molar refractivity (Wildman–Crippen MR) is 109 cm³/mol. The molecule has 4 aromatic rings. The largest absolute Gasteiger partial charge is 0.494 e. The third-order valence-electron chi connectivity index (χ3n) is 3.68. The maximum Gasteiger partial charge on any atom is 0.312 e. The number of benzene rings is 2. The van der Waals surface area contributed by atoms with Gasteiger partial charge in [-0.05, 0) is 49.4 Å². The zero-order chi connectivity index (χ0) is 18.8. The van der Waals surface area contributed by atoms with Crippen LogP contribution in [-0.2, 0) is 0 Å². The lowest BCUT2D eigenvalue weighted by atomic mass is 10.2. The van der Waals surface area contributed by atoms with E-state index in [1.54, 1.807) is 0 Å². The summed E-state index contributed by atoms with van der Waals surface area (Å²) < 4.78 is 12.8. The van der Waals surface area contributed by atoms with Gasteiger partial charge in [0, 0.05) is 10.0 Å². The molecule has 27 heavy (non-hydrogen) atoms. The zero-order valence-corrected chi connectivity index (χ0v) is 16.6. The van der Waals surface area contributed by atoms with Crippen molar-refractivity contribution in [1.82, 2.24) is 9.97 Å². The van der Waals surface area contributed by atoms with Crippen molar-refractivity contribution in [3.05, 3.63) is 52.6 Å². The summed E-state index contributed by atoms with van der Waals surface area (Å²) in [5.74, 6) is 0.848. The van der Waals surface area contributed by atoms with Crippen molar-refractivity contribution in [3.63, 3.8) is 0 Å². The van der Waals surface area contributed by atoms with Crippen LogP contribution in [0.3, 0.4) is 0 Å². The van der Waals surface area contributed by atoms with Crippen molar-refractivity contribution >= 4 is 48.8 Å². The van der Waals surface area contributed by atoms with Crippen molar-refractivity contribution in [3.8, 4) is 23.1 Å². The van der Waals surface area contributed by atoms with Crippen LogP contribution in [0.2, 0.25) is 0 Å². The van der Waals surface area contributed by atoms with E-state index in [4.69, 9.17) is 9.15 Å². The Kier molecular flexibility index (Phi) is 4.91. The number of thiazole rings is 1. The topological polar surface area (TPSA) is 80.7 Å². The lowest BCUT2D eigenvalue weighted by molar-refractivity contribution is 0.337. The highest BCUT2D eigenvalue weighted by Crippen LogP contribution is 2.31.